The van der Waals surface area contributed by atoms with Crippen LogP contribution in [0.5, 0.6) is 0 Å². The Hall–Kier alpha value is -3.03. The second kappa shape index (κ2) is 8.57. The highest BCUT2D eigenvalue weighted by atomic mass is 19.2. The second-order valence-corrected chi connectivity index (χ2v) is 5.50. The molecule has 0 aromatic heterocycles. The standard InChI is InChI=1S/C19H15F4NO3/c1-3-27-19(26)13(9-24-12-6-4-11(20)5-7-12)18(25)16-10(2)17(23)15(22)8-14(16)21/h4-9,13H,3H2,1-2H3. The third-order valence-electron chi connectivity index (χ3n) is 3.67. The van der Waals surface area contributed by atoms with Crippen molar-refractivity contribution in [2.24, 2.45) is 10.9 Å². The molecule has 0 spiro atoms. The molecule has 4 nitrogen and oxygen atoms in total. The van der Waals surface area contributed by atoms with E-state index in [1.807, 2.05) is 0 Å². The summed E-state index contributed by atoms with van der Waals surface area (Å²) in [6.45, 7) is 2.46. The molecule has 8 heteroatoms. The lowest BCUT2D eigenvalue weighted by Crippen LogP contribution is -2.29. The van der Waals surface area contributed by atoms with Gasteiger partial charge in [0.25, 0.3) is 0 Å². The number of carbonyl (C=O) groups excluding carboxylic acids is 2. The lowest BCUT2D eigenvalue weighted by Gasteiger charge is -2.13. The van der Waals surface area contributed by atoms with Crippen LogP contribution in [0, 0.1) is 36.1 Å². The molecule has 0 bridgehead atoms. The van der Waals surface area contributed by atoms with E-state index in [0.29, 0.717) is 0 Å². The largest absolute Gasteiger partial charge is 0.465 e. The molecule has 0 radical (unpaired) electrons. The molecule has 2 aromatic rings. The molecule has 1 unspecified atom stereocenters. The molecular weight excluding hydrogens is 366 g/mol. The van der Waals surface area contributed by atoms with Crippen LogP contribution in [0.2, 0.25) is 0 Å². The van der Waals surface area contributed by atoms with E-state index in [9.17, 15) is 27.2 Å². The molecule has 0 aliphatic rings. The van der Waals surface area contributed by atoms with Crippen molar-refractivity contribution in [1.29, 1.82) is 0 Å². The smallest absolute Gasteiger partial charge is 0.322 e. The molecule has 0 aliphatic heterocycles. The van der Waals surface area contributed by atoms with Gasteiger partial charge < -0.3 is 4.74 Å². The lowest BCUT2D eigenvalue weighted by atomic mass is 9.94. The number of halogens is 4. The number of benzene rings is 2. The minimum absolute atomic E-state index is 0.0632. The van der Waals surface area contributed by atoms with E-state index in [1.165, 1.54) is 19.1 Å². The van der Waals surface area contributed by atoms with Crippen molar-refractivity contribution in [3.05, 3.63) is 64.7 Å². The molecule has 0 heterocycles. The first kappa shape index (κ1) is 20.3. The summed E-state index contributed by atoms with van der Waals surface area (Å²) in [5.74, 6) is -8.50. The number of ether oxygens (including phenoxy) is 1. The average Bonchev–Trinajstić information content (AvgIpc) is 2.62. The molecule has 27 heavy (non-hydrogen) atoms. The number of aliphatic imine (C=N–C) groups is 1. The van der Waals surface area contributed by atoms with E-state index >= 15 is 0 Å². The Kier molecular flexibility index (Phi) is 6.44. The normalized spacial score (nSPS) is 12.2. The van der Waals surface area contributed by atoms with Gasteiger partial charge in [-0.1, -0.05) is 0 Å². The Morgan fingerprint density at radius 1 is 1.11 bits per heavy atom. The van der Waals surface area contributed by atoms with Gasteiger partial charge in [-0.2, -0.15) is 0 Å². The monoisotopic (exact) mass is 381 g/mol. The second-order valence-electron chi connectivity index (χ2n) is 5.50. The SMILES string of the molecule is CCOC(=O)C(C=Nc1ccc(F)cc1)C(=O)c1c(F)cc(F)c(F)c1C. The van der Waals surface area contributed by atoms with E-state index in [1.54, 1.807) is 0 Å². The molecule has 2 rings (SSSR count). The minimum atomic E-state index is -1.69. The maximum atomic E-state index is 14.1. The van der Waals surface area contributed by atoms with Gasteiger partial charge >= 0.3 is 5.97 Å². The number of nitrogens with zero attached hydrogens (tertiary/aromatic N) is 1. The summed E-state index contributed by atoms with van der Waals surface area (Å²) >= 11 is 0. The topological polar surface area (TPSA) is 55.7 Å². The van der Waals surface area contributed by atoms with Gasteiger partial charge in [-0.3, -0.25) is 14.6 Å². The molecule has 0 fully saturated rings. The third kappa shape index (κ3) is 4.58. The molecule has 0 saturated heterocycles. The summed E-state index contributed by atoms with van der Waals surface area (Å²) in [6, 6.07) is 5.05. The maximum absolute atomic E-state index is 14.1. The lowest BCUT2D eigenvalue weighted by molar-refractivity contribution is -0.143. The third-order valence-corrected chi connectivity index (χ3v) is 3.67. The van der Waals surface area contributed by atoms with Crippen LogP contribution in [-0.4, -0.2) is 24.6 Å². The predicted octanol–water partition coefficient (Wildman–Crippen LogP) is 4.32. The fourth-order valence-corrected chi connectivity index (χ4v) is 2.33. The quantitative estimate of drug-likeness (QED) is 0.187. The number of rotatable bonds is 6. The van der Waals surface area contributed by atoms with Crippen LogP contribution in [-0.2, 0) is 9.53 Å². The van der Waals surface area contributed by atoms with E-state index < -0.39 is 52.1 Å². The number of carbonyl (C=O) groups is 2. The first-order valence-corrected chi connectivity index (χ1v) is 7.91. The van der Waals surface area contributed by atoms with Crippen molar-refractivity contribution in [3.8, 4) is 0 Å². The molecule has 0 aliphatic carbocycles. The molecule has 0 saturated carbocycles. The summed E-state index contributed by atoms with van der Waals surface area (Å²) < 4.78 is 58.9. The van der Waals surface area contributed by atoms with Gasteiger partial charge in [0.1, 0.15) is 11.6 Å². The summed E-state index contributed by atoms with van der Waals surface area (Å²) in [4.78, 5) is 28.7. The van der Waals surface area contributed by atoms with Crippen molar-refractivity contribution in [2.45, 2.75) is 13.8 Å². The zero-order valence-electron chi connectivity index (χ0n) is 14.4. The Morgan fingerprint density at radius 2 is 1.74 bits per heavy atom. The fourth-order valence-electron chi connectivity index (χ4n) is 2.33. The van der Waals surface area contributed by atoms with Gasteiger partial charge in [0.2, 0.25) is 0 Å². The Balaban J connectivity index is 2.45. The van der Waals surface area contributed by atoms with Crippen molar-refractivity contribution < 1.29 is 31.9 Å². The number of esters is 1. The number of Topliss-reactive ketones (excluding diaryl/α,β-unsaturated/α-hetero) is 1. The number of ketones is 1. The summed E-state index contributed by atoms with van der Waals surface area (Å²) in [7, 11) is 0. The van der Waals surface area contributed by atoms with Crippen LogP contribution in [0.25, 0.3) is 0 Å². The van der Waals surface area contributed by atoms with Gasteiger partial charge in [0.15, 0.2) is 23.3 Å². The van der Waals surface area contributed by atoms with Gasteiger partial charge in [-0.05, 0) is 38.1 Å². The Labute approximate surface area is 152 Å². The highest BCUT2D eigenvalue weighted by molar-refractivity contribution is 6.19. The van der Waals surface area contributed by atoms with Crippen molar-refractivity contribution in [2.75, 3.05) is 6.61 Å². The number of hydrogen-bond acceptors (Lipinski definition) is 4. The first-order chi connectivity index (χ1) is 12.8. The van der Waals surface area contributed by atoms with Gasteiger partial charge in [-0.15, -0.1) is 0 Å². The van der Waals surface area contributed by atoms with Crippen molar-refractivity contribution in [3.63, 3.8) is 0 Å². The molecular formula is C19H15F4NO3. The van der Waals surface area contributed by atoms with Crippen molar-refractivity contribution >= 4 is 23.7 Å². The average molecular weight is 381 g/mol. The fraction of sp³-hybridized carbons (Fsp3) is 0.211. The Morgan fingerprint density at radius 3 is 2.33 bits per heavy atom. The summed E-state index contributed by atoms with van der Waals surface area (Å²) in [6.07, 6.45) is 0.897. The highest BCUT2D eigenvalue weighted by Gasteiger charge is 2.32. The van der Waals surface area contributed by atoms with E-state index in [2.05, 4.69) is 4.99 Å². The van der Waals surface area contributed by atoms with Crippen LogP contribution in [0.15, 0.2) is 35.3 Å². The van der Waals surface area contributed by atoms with Crippen LogP contribution in [0.4, 0.5) is 23.2 Å². The van der Waals surface area contributed by atoms with E-state index in [4.69, 9.17) is 4.74 Å². The predicted molar refractivity (Wildman–Crippen MR) is 90.1 cm³/mol. The van der Waals surface area contributed by atoms with Gasteiger partial charge in [0.05, 0.1) is 17.9 Å². The molecule has 1 atom stereocenters. The first-order valence-electron chi connectivity index (χ1n) is 7.91. The zero-order chi connectivity index (χ0) is 20.1. The molecule has 142 valence electrons. The molecule has 2 aromatic carbocycles. The summed E-state index contributed by atoms with van der Waals surface area (Å²) in [5, 5.41) is 0. The highest BCUT2D eigenvalue weighted by Crippen LogP contribution is 2.23. The minimum Gasteiger partial charge on any atom is -0.465 e. The zero-order valence-corrected chi connectivity index (χ0v) is 14.4. The number of hydrogen-bond donors (Lipinski definition) is 0. The van der Waals surface area contributed by atoms with Gasteiger partial charge in [0, 0.05) is 17.8 Å². The van der Waals surface area contributed by atoms with Crippen LogP contribution >= 0.6 is 0 Å². The van der Waals surface area contributed by atoms with Crippen LogP contribution < -0.4 is 0 Å². The van der Waals surface area contributed by atoms with E-state index in [0.717, 1.165) is 25.3 Å². The maximum Gasteiger partial charge on any atom is 0.322 e. The van der Waals surface area contributed by atoms with Crippen LogP contribution in [0.1, 0.15) is 22.8 Å². The molecule has 0 N–H and O–H groups in total. The Bertz CT molecular complexity index is 895. The summed E-state index contributed by atoms with van der Waals surface area (Å²) in [5.41, 5.74) is -1.11. The van der Waals surface area contributed by atoms with Crippen molar-refractivity contribution in [1.82, 2.24) is 0 Å². The van der Waals surface area contributed by atoms with Crippen LogP contribution in [0.3, 0.4) is 0 Å². The van der Waals surface area contributed by atoms with E-state index in [-0.39, 0.29) is 18.4 Å². The van der Waals surface area contributed by atoms with Gasteiger partial charge in [-0.25, -0.2) is 17.6 Å². The molecule has 0 amide bonds.